The van der Waals surface area contributed by atoms with Crippen LogP contribution in [0.15, 0.2) is 35.7 Å². The van der Waals surface area contributed by atoms with Gasteiger partial charge in [-0.2, -0.15) is 0 Å². The van der Waals surface area contributed by atoms with E-state index < -0.39 is 12.0 Å². The van der Waals surface area contributed by atoms with Crippen LogP contribution in [-0.2, 0) is 11.2 Å². The number of carbonyl (C=O) groups is 2. The van der Waals surface area contributed by atoms with Gasteiger partial charge in [0, 0.05) is 28.9 Å². The number of hydrogen-bond acceptors (Lipinski definition) is 4. The number of aliphatic carboxylic acids is 1. The Morgan fingerprint density at radius 2 is 1.91 bits per heavy atom. The molecule has 172 valence electrons. The molecule has 7 heteroatoms. The van der Waals surface area contributed by atoms with Gasteiger partial charge in [-0.3, -0.25) is 9.59 Å². The van der Waals surface area contributed by atoms with Crippen LogP contribution in [0.25, 0.3) is 11.0 Å². The predicted molar refractivity (Wildman–Crippen MR) is 129 cm³/mol. The molecule has 1 unspecified atom stereocenters. The van der Waals surface area contributed by atoms with E-state index >= 15 is 0 Å². The monoisotopic (exact) mass is 455 g/mol. The Morgan fingerprint density at radius 3 is 2.50 bits per heavy atom. The third kappa shape index (κ3) is 5.38. The Labute approximate surface area is 193 Å². The van der Waals surface area contributed by atoms with Crippen molar-refractivity contribution in [2.24, 2.45) is 5.92 Å². The van der Waals surface area contributed by atoms with Crippen LogP contribution in [0.3, 0.4) is 0 Å². The number of nitrogens with zero attached hydrogens (tertiary/aromatic N) is 2. The molecule has 0 saturated carbocycles. The second kappa shape index (κ2) is 10.8. The number of imidazole rings is 1. The first-order valence-electron chi connectivity index (χ1n) is 11.4. The topological polar surface area (TPSA) is 84.2 Å². The first-order valence-corrected chi connectivity index (χ1v) is 12.3. The van der Waals surface area contributed by atoms with Crippen molar-refractivity contribution < 1.29 is 14.7 Å². The van der Waals surface area contributed by atoms with Gasteiger partial charge in [0.05, 0.1) is 17.5 Å². The highest BCUT2D eigenvalue weighted by molar-refractivity contribution is 7.09. The summed E-state index contributed by atoms with van der Waals surface area (Å²) < 4.78 is 2.32. The zero-order valence-electron chi connectivity index (χ0n) is 19.3. The largest absolute Gasteiger partial charge is 0.481 e. The molecule has 2 aromatic heterocycles. The van der Waals surface area contributed by atoms with Crippen molar-refractivity contribution >= 4 is 34.2 Å². The van der Waals surface area contributed by atoms with Gasteiger partial charge in [0.1, 0.15) is 5.82 Å². The van der Waals surface area contributed by atoms with E-state index in [1.54, 1.807) is 11.3 Å². The van der Waals surface area contributed by atoms with Crippen molar-refractivity contribution in [3.63, 3.8) is 0 Å². The average Bonchev–Trinajstić information content (AvgIpc) is 3.41. The third-order valence-electron chi connectivity index (χ3n) is 6.29. The summed E-state index contributed by atoms with van der Waals surface area (Å²) in [5, 5.41) is 14.2. The fourth-order valence-electron chi connectivity index (χ4n) is 4.16. The quantitative estimate of drug-likeness (QED) is 0.390. The molecule has 6 nitrogen and oxygen atoms in total. The van der Waals surface area contributed by atoms with E-state index in [-0.39, 0.29) is 18.2 Å². The van der Waals surface area contributed by atoms with Gasteiger partial charge in [-0.25, -0.2) is 4.98 Å². The normalized spacial score (nSPS) is 13.4. The molecule has 0 radical (unpaired) electrons. The lowest BCUT2D eigenvalue weighted by atomic mass is 9.96. The third-order valence-corrected chi connectivity index (χ3v) is 7.16. The summed E-state index contributed by atoms with van der Waals surface area (Å²) in [4.78, 5) is 30.4. The second-order valence-electron chi connectivity index (χ2n) is 8.39. The van der Waals surface area contributed by atoms with E-state index in [1.807, 2.05) is 32.0 Å². The maximum atomic E-state index is 13.0. The molecular weight excluding hydrogens is 422 g/mol. The van der Waals surface area contributed by atoms with Gasteiger partial charge >= 0.3 is 5.97 Å². The lowest BCUT2D eigenvalue weighted by Gasteiger charge is -2.23. The van der Waals surface area contributed by atoms with Crippen LogP contribution in [-0.4, -0.2) is 32.6 Å². The van der Waals surface area contributed by atoms with Gasteiger partial charge in [0.2, 0.25) is 0 Å². The summed E-state index contributed by atoms with van der Waals surface area (Å²) in [7, 11) is 0. The van der Waals surface area contributed by atoms with Crippen molar-refractivity contribution in [1.29, 1.82) is 0 Å². The summed E-state index contributed by atoms with van der Waals surface area (Å²) in [5.74, 6) is -0.0779. The summed E-state index contributed by atoms with van der Waals surface area (Å²) in [6.07, 6.45) is 3.49. The van der Waals surface area contributed by atoms with Crippen LogP contribution < -0.4 is 5.32 Å². The van der Waals surface area contributed by atoms with Crippen molar-refractivity contribution in [2.75, 3.05) is 0 Å². The minimum atomic E-state index is -0.909. The van der Waals surface area contributed by atoms with Crippen LogP contribution in [0.5, 0.6) is 0 Å². The highest BCUT2D eigenvalue weighted by Crippen LogP contribution is 2.28. The molecule has 32 heavy (non-hydrogen) atoms. The Bertz CT molecular complexity index is 1050. The number of aromatic nitrogens is 2. The van der Waals surface area contributed by atoms with E-state index in [0.717, 1.165) is 42.5 Å². The molecule has 0 fully saturated rings. The molecule has 0 spiro atoms. The van der Waals surface area contributed by atoms with Crippen molar-refractivity contribution in [2.45, 2.75) is 71.9 Å². The Hall–Kier alpha value is -2.67. The smallest absolute Gasteiger partial charge is 0.305 e. The molecule has 2 atom stereocenters. The molecule has 1 amide bonds. The molecule has 3 rings (SSSR count). The molecule has 0 aliphatic heterocycles. The summed E-state index contributed by atoms with van der Waals surface area (Å²) in [5.41, 5.74) is 2.34. The Kier molecular flexibility index (Phi) is 8.07. The number of nitrogens with one attached hydrogen (secondary N) is 1. The van der Waals surface area contributed by atoms with Crippen LogP contribution >= 0.6 is 11.3 Å². The van der Waals surface area contributed by atoms with Crippen molar-refractivity contribution in [3.05, 3.63) is 52.0 Å². The lowest BCUT2D eigenvalue weighted by molar-refractivity contribution is -0.137. The molecule has 0 aliphatic carbocycles. The van der Waals surface area contributed by atoms with Crippen LogP contribution in [0.1, 0.15) is 80.5 Å². The zero-order chi connectivity index (χ0) is 23.3. The first kappa shape index (κ1) is 24.0. The number of carbonyl (C=O) groups excluding carboxylic acids is 1. The summed E-state index contributed by atoms with van der Waals surface area (Å²) in [6, 6.07) is 9.74. The van der Waals surface area contributed by atoms with E-state index in [0.29, 0.717) is 11.6 Å². The van der Waals surface area contributed by atoms with Gasteiger partial charge in [-0.1, -0.05) is 40.2 Å². The molecule has 1 aromatic carbocycles. The maximum absolute atomic E-state index is 13.0. The summed E-state index contributed by atoms with van der Waals surface area (Å²) in [6.45, 7) is 8.34. The Balaban J connectivity index is 1.95. The van der Waals surface area contributed by atoms with Gasteiger partial charge in [0.25, 0.3) is 5.91 Å². The first-order chi connectivity index (χ1) is 15.4. The fourth-order valence-corrected chi connectivity index (χ4v) is 4.87. The van der Waals surface area contributed by atoms with E-state index in [4.69, 9.17) is 4.98 Å². The molecule has 2 N–H and O–H groups in total. The van der Waals surface area contributed by atoms with Gasteiger partial charge in [-0.15, -0.1) is 11.3 Å². The molecule has 0 bridgehead atoms. The number of carboxylic acids is 1. The van der Waals surface area contributed by atoms with E-state index in [2.05, 4.69) is 41.2 Å². The van der Waals surface area contributed by atoms with Crippen LogP contribution in [0, 0.1) is 5.92 Å². The number of amides is 1. The molecule has 3 aromatic rings. The summed E-state index contributed by atoms with van der Waals surface area (Å²) >= 11 is 1.72. The minimum Gasteiger partial charge on any atom is -0.481 e. The predicted octanol–water partition coefficient (Wildman–Crippen LogP) is 5.67. The van der Waals surface area contributed by atoms with Crippen molar-refractivity contribution in [1.82, 2.24) is 14.9 Å². The van der Waals surface area contributed by atoms with E-state index in [1.165, 1.54) is 4.88 Å². The number of benzene rings is 1. The Morgan fingerprint density at radius 1 is 1.16 bits per heavy atom. The number of fused-ring (bicyclic) bond motifs is 1. The molecule has 0 saturated heterocycles. The zero-order valence-corrected chi connectivity index (χ0v) is 20.1. The maximum Gasteiger partial charge on any atom is 0.305 e. The highest BCUT2D eigenvalue weighted by atomic mass is 32.1. The fraction of sp³-hybridized carbons (Fsp3) is 0.480. The van der Waals surface area contributed by atoms with E-state index in [9.17, 15) is 14.7 Å². The lowest BCUT2D eigenvalue weighted by Crippen LogP contribution is -2.40. The number of thiophene rings is 1. The molecule has 2 heterocycles. The minimum absolute atomic E-state index is 0.0743. The SMILES string of the molecule is CCC(C)[C@@H](CC(=O)O)NC(=O)c1ccc2c(c1)nc(Cc1cccs1)n2C(CC)CC. The molecular formula is C25H33N3O3S. The number of hydrogen-bond donors (Lipinski definition) is 2. The van der Waals surface area contributed by atoms with Gasteiger partial charge < -0.3 is 15.0 Å². The van der Waals surface area contributed by atoms with Gasteiger partial charge in [-0.05, 0) is 48.4 Å². The number of carboxylic acid groups (broad SMARTS) is 1. The molecule has 0 aliphatic rings. The second-order valence-corrected chi connectivity index (χ2v) is 9.42. The number of rotatable bonds is 11. The van der Waals surface area contributed by atoms with Crippen molar-refractivity contribution in [3.8, 4) is 0 Å². The average molecular weight is 456 g/mol. The van der Waals surface area contributed by atoms with Gasteiger partial charge in [0.15, 0.2) is 0 Å². The highest BCUT2D eigenvalue weighted by Gasteiger charge is 2.23. The van der Waals surface area contributed by atoms with Crippen LogP contribution in [0.2, 0.25) is 0 Å². The standard InChI is InChI=1S/C25H33N3O3S/c1-5-16(4)20(15-24(29)30)27-25(31)17-10-11-22-21(13-17)26-23(14-19-9-8-12-32-19)28(22)18(6-2)7-3/h8-13,16,18,20H,5-7,14-15H2,1-4H3,(H,27,31)(H,29,30)/t16?,20-/m1/s1. The van der Waals surface area contributed by atoms with Crippen LogP contribution in [0.4, 0.5) is 0 Å².